The fourth-order valence-corrected chi connectivity index (χ4v) is 2.34. The number of aryl methyl sites for hydroxylation is 1. The van der Waals surface area contributed by atoms with Crippen molar-refractivity contribution in [1.29, 1.82) is 0 Å². The first-order chi connectivity index (χ1) is 12.8. The highest BCUT2D eigenvalue weighted by atomic mass is 19.1. The lowest BCUT2D eigenvalue weighted by molar-refractivity contribution is -0.116. The van der Waals surface area contributed by atoms with Crippen LogP contribution in [0.2, 0.25) is 0 Å². The first-order valence-electron chi connectivity index (χ1n) is 8.62. The number of hydrogen-bond acceptors (Lipinski definition) is 4. The Bertz CT molecular complexity index is 844. The molecule has 0 saturated heterocycles. The molecule has 0 spiro atoms. The van der Waals surface area contributed by atoms with Crippen LogP contribution in [0.25, 0.3) is 0 Å². The predicted molar refractivity (Wildman–Crippen MR) is 100 cm³/mol. The lowest BCUT2D eigenvalue weighted by atomic mass is 10.1. The van der Waals surface area contributed by atoms with Gasteiger partial charge < -0.3 is 10.1 Å². The maximum atomic E-state index is 13.5. The van der Waals surface area contributed by atoms with E-state index in [4.69, 9.17) is 4.74 Å². The second kappa shape index (κ2) is 9.07. The third kappa shape index (κ3) is 6.02. The molecule has 0 aliphatic rings. The number of amides is 1. The smallest absolute Gasteiger partial charge is 0.338 e. The second-order valence-corrected chi connectivity index (χ2v) is 6.69. The van der Waals surface area contributed by atoms with Crippen LogP contribution in [-0.2, 0) is 9.53 Å². The maximum absolute atomic E-state index is 13.5. The number of carbonyl (C=O) groups excluding carboxylic acids is 3. The summed E-state index contributed by atoms with van der Waals surface area (Å²) in [6, 6.07) is 10.3. The van der Waals surface area contributed by atoms with Gasteiger partial charge in [-0.15, -0.1) is 0 Å². The van der Waals surface area contributed by atoms with E-state index in [-0.39, 0.29) is 17.4 Å². The predicted octanol–water partition coefficient (Wildman–Crippen LogP) is 4.16. The summed E-state index contributed by atoms with van der Waals surface area (Å²) in [7, 11) is 0. The van der Waals surface area contributed by atoms with Crippen LogP contribution in [0, 0.1) is 18.7 Å². The van der Waals surface area contributed by atoms with E-state index in [1.807, 2.05) is 13.8 Å². The fourth-order valence-electron chi connectivity index (χ4n) is 2.34. The average molecular weight is 371 g/mol. The Morgan fingerprint density at radius 3 is 2.26 bits per heavy atom. The number of ketones is 1. The quantitative estimate of drug-likeness (QED) is 0.586. The Balaban J connectivity index is 1.91. The first-order valence-corrected chi connectivity index (χ1v) is 8.62. The van der Waals surface area contributed by atoms with Crippen molar-refractivity contribution in [2.24, 2.45) is 5.92 Å². The van der Waals surface area contributed by atoms with E-state index < -0.39 is 24.2 Å². The molecule has 0 fully saturated rings. The minimum atomic E-state index is -0.764. The minimum Gasteiger partial charge on any atom is -0.454 e. The van der Waals surface area contributed by atoms with Gasteiger partial charge in [-0.1, -0.05) is 19.9 Å². The molecular weight excluding hydrogens is 349 g/mol. The molecule has 0 atom stereocenters. The number of benzene rings is 2. The van der Waals surface area contributed by atoms with Gasteiger partial charge >= 0.3 is 5.97 Å². The lowest BCUT2D eigenvalue weighted by Gasteiger charge is -2.08. The summed E-state index contributed by atoms with van der Waals surface area (Å²) < 4.78 is 18.4. The summed E-state index contributed by atoms with van der Waals surface area (Å²) in [4.78, 5) is 35.8. The van der Waals surface area contributed by atoms with E-state index in [1.54, 1.807) is 31.2 Å². The van der Waals surface area contributed by atoms with Crippen molar-refractivity contribution >= 4 is 23.3 Å². The zero-order valence-corrected chi connectivity index (χ0v) is 15.5. The number of anilines is 1. The molecule has 27 heavy (non-hydrogen) atoms. The molecule has 1 amide bonds. The molecule has 142 valence electrons. The molecule has 0 aliphatic carbocycles. The Morgan fingerprint density at radius 2 is 1.67 bits per heavy atom. The van der Waals surface area contributed by atoms with Gasteiger partial charge in [0.05, 0.1) is 5.56 Å². The molecule has 0 radical (unpaired) electrons. The SMILES string of the molecule is Cc1ccc(C(=O)OCC(=O)c2ccc(NC(=O)CC(C)C)cc2)cc1F. The van der Waals surface area contributed by atoms with Crippen molar-refractivity contribution in [2.75, 3.05) is 11.9 Å². The number of nitrogens with one attached hydrogen (secondary N) is 1. The highest BCUT2D eigenvalue weighted by Crippen LogP contribution is 2.13. The Morgan fingerprint density at radius 1 is 1.04 bits per heavy atom. The van der Waals surface area contributed by atoms with Crippen LogP contribution in [0.3, 0.4) is 0 Å². The summed E-state index contributed by atoms with van der Waals surface area (Å²) in [5, 5.41) is 2.75. The Kier molecular flexibility index (Phi) is 6.82. The van der Waals surface area contributed by atoms with Crippen molar-refractivity contribution in [1.82, 2.24) is 0 Å². The zero-order chi connectivity index (χ0) is 20.0. The molecule has 0 aromatic heterocycles. The summed E-state index contributed by atoms with van der Waals surface area (Å²) in [5.74, 6) is -1.51. The Labute approximate surface area is 157 Å². The van der Waals surface area contributed by atoms with Crippen LogP contribution in [0.4, 0.5) is 10.1 Å². The number of ether oxygens (including phenoxy) is 1. The van der Waals surface area contributed by atoms with Crippen molar-refractivity contribution in [3.8, 4) is 0 Å². The van der Waals surface area contributed by atoms with Crippen LogP contribution in [0.15, 0.2) is 42.5 Å². The molecule has 6 heteroatoms. The number of esters is 1. The highest BCUT2D eigenvalue weighted by Gasteiger charge is 2.13. The molecule has 0 unspecified atom stereocenters. The second-order valence-electron chi connectivity index (χ2n) is 6.69. The minimum absolute atomic E-state index is 0.0501. The molecular formula is C21H22FNO4. The van der Waals surface area contributed by atoms with Crippen LogP contribution in [0.5, 0.6) is 0 Å². The molecule has 0 saturated carbocycles. The average Bonchev–Trinajstić information content (AvgIpc) is 2.61. The van der Waals surface area contributed by atoms with Crippen LogP contribution < -0.4 is 5.32 Å². The van der Waals surface area contributed by atoms with E-state index in [0.717, 1.165) is 6.07 Å². The van der Waals surface area contributed by atoms with Gasteiger partial charge in [-0.25, -0.2) is 9.18 Å². The van der Waals surface area contributed by atoms with E-state index in [9.17, 15) is 18.8 Å². The van der Waals surface area contributed by atoms with Gasteiger partial charge in [-0.05, 0) is 54.8 Å². The van der Waals surface area contributed by atoms with E-state index >= 15 is 0 Å². The van der Waals surface area contributed by atoms with Crippen molar-refractivity contribution in [2.45, 2.75) is 27.2 Å². The van der Waals surface area contributed by atoms with Gasteiger partial charge in [-0.3, -0.25) is 9.59 Å². The lowest BCUT2D eigenvalue weighted by Crippen LogP contribution is -2.15. The normalized spacial score (nSPS) is 10.6. The highest BCUT2D eigenvalue weighted by molar-refractivity contribution is 6.00. The van der Waals surface area contributed by atoms with E-state index in [1.165, 1.54) is 12.1 Å². The molecule has 0 heterocycles. The standard InChI is InChI=1S/C21H22FNO4/c1-13(2)10-20(25)23-17-8-6-15(7-9-17)19(24)12-27-21(26)16-5-4-14(3)18(22)11-16/h4-9,11,13H,10,12H2,1-3H3,(H,23,25). The van der Waals surface area contributed by atoms with Crippen LogP contribution >= 0.6 is 0 Å². The van der Waals surface area contributed by atoms with E-state index in [2.05, 4.69) is 5.32 Å². The number of halogens is 1. The molecule has 1 N–H and O–H groups in total. The Hall–Kier alpha value is -3.02. The van der Waals surface area contributed by atoms with E-state index in [0.29, 0.717) is 23.2 Å². The third-order valence-corrected chi connectivity index (χ3v) is 3.83. The molecule has 2 aromatic carbocycles. The summed E-state index contributed by atoms with van der Waals surface area (Å²) in [6.45, 7) is 5.04. The van der Waals surface area contributed by atoms with Crippen molar-refractivity contribution in [3.05, 3.63) is 65.0 Å². The van der Waals surface area contributed by atoms with Crippen LogP contribution in [-0.4, -0.2) is 24.3 Å². The molecule has 0 aliphatic heterocycles. The topological polar surface area (TPSA) is 72.5 Å². The van der Waals surface area contributed by atoms with Crippen LogP contribution in [0.1, 0.15) is 46.5 Å². The van der Waals surface area contributed by atoms with Gasteiger partial charge in [0.1, 0.15) is 5.82 Å². The first kappa shape index (κ1) is 20.3. The molecule has 5 nitrogen and oxygen atoms in total. The fraction of sp³-hybridized carbons (Fsp3) is 0.286. The summed E-state index contributed by atoms with van der Waals surface area (Å²) in [6.07, 6.45) is 0.413. The molecule has 0 bridgehead atoms. The van der Waals surface area contributed by atoms with Crippen molar-refractivity contribution in [3.63, 3.8) is 0 Å². The largest absolute Gasteiger partial charge is 0.454 e. The summed E-state index contributed by atoms with van der Waals surface area (Å²) >= 11 is 0. The number of hydrogen-bond donors (Lipinski definition) is 1. The van der Waals surface area contributed by atoms with Gasteiger partial charge in [0.15, 0.2) is 12.4 Å². The zero-order valence-electron chi connectivity index (χ0n) is 15.5. The van der Waals surface area contributed by atoms with Gasteiger partial charge in [0.25, 0.3) is 0 Å². The maximum Gasteiger partial charge on any atom is 0.338 e. The number of Topliss-reactive ketones (excluding diaryl/α,β-unsaturated/α-hetero) is 1. The monoisotopic (exact) mass is 371 g/mol. The van der Waals surface area contributed by atoms with Gasteiger partial charge in [-0.2, -0.15) is 0 Å². The molecule has 2 rings (SSSR count). The number of carbonyl (C=O) groups is 3. The van der Waals surface area contributed by atoms with Gasteiger partial charge in [0.2, 0.25) is 5.91 Å². The third-order valence-electron chi connectivity index (χ3n) is 3.83. The van der Waals surface area contributed by atoms with Crippen molar-refractivity contribution < 1.29 is 23.5 Å². The summed E-state index contributed by atoms with van der Waals surface area (Å²) in [5.41, 5.74) is 1.40. The number of rotatable bonds is 7. The van der Waals surface area contributed by atoms with Gasteiger partial charge in [0, 0.05) is 17.7 Å². The molecule has 2 aromatic rings.